The van der Waals surface area contributed by atoms with E-state index in [1.165, 1.54) is 19.1 Å². The number of sulfone groups is 1. The lowest BCUT2D eigenvalue weighted by molar-refractivity contribution is 0.0297. The smallest absolute Gasteiger partial charge is 0.409 e. The molecule has 0 radical (unpaired) electrons. The largest absolute Gasteiger partial charge is 0.482 e. The third-order valence-electron chi connectivity index (χ3n) is 6.61. The number of amides is 1. The van der Waals surface area contributed by atoms with Crippen LogP contribution in [0.1, 0.15) is 36.8 Å². The van der Waals surface area contributed by atoms with Gasteiger partial charge in [-0.05, 0) is 53.7 Å². The highest BCUT2D eigenvalue weighted by molar-refractivity contribution is 7.89. The molecule has 0 bridgehead atoms. The molecule has 3 aliphatic rings. The zero-order valence-electron chi connectivity index (χ0n) is 18.8. The number of likely N-dealkylation sites (tertiary alicyclic amines) is 1. The Labute approximate surface area is 195 Å². The summed E-state index contributed by atoms with van der Waals surface area (Å²) in [6, 6.07) is 13.7. The van der Waals surface area contributed by atoms with Crippen molar-refractivity contribution in [2.75, 3.05) is 26.0 Å². The van der Waals surface area contributed by atoms with Gasteiger partial charge in [0.05, 0.1) is 12.4 Å². The van der Waals surface area contributed by atoms with Gasteiger partial charge in [0.2, 0.25) is 0 Å². The average molecular weight is 468 g/mol. The number of benzene rings is 2. The highest BCUT2D eigenvalue weighted by Crippen LogP contribution is 2.39. The van der Waals surface area contributed by atoms with E-state index in [9.17, 15) is 13.2 Å². The maximum Gasteiger partial charge on any atom is 0.409 e. The number of nitrogens with zero attached hydrogens (tertiary/aromatic N) is 1. The maximum absolute atomic E-state index is 12.3. The Kier molecular flexibility index (Phi) is 5.69. The fourth-order valence-electron chi connectivity index (χ4n) is 4.44. The SMILES string of the molecule is CS(=O)(=O)Cc1ccc(-c2ccc3c(c2)C=CC2(CCN(C(=O)OCC4CC4)CC2)O3)cc1. The predicted octanol–water partition coefficient (Wildman–Crippen LogP) is 4.69. The van der Waals surface area contributed by atoms with Gasteiger partial charge >= 0.3 is 6.09 Å². The molecule has 2 aliphatic heterocycles. The van der Waals surface area contributed by atoms with Gasteiger partial charge in [0.25, 0.3) is 0 Å². The summed E-state index contributed by atoms with van der Waals surface area (Å²) < 4.78 is 34.9. The molecule has 7 heteroatoms. The van der Waals surface area contributed by atoms with Crippen molar-refractivity contribution in [1.29, 1.82) is 0 Å². The van der Waals surface area contributed by atoms with Crippen molar-refractivity contribution >= 4 is 22.0 Å². The molecule has 33 heavy (non-hydrogen) atoms. The summed E-state index contributed by atoms with van der Waals surface area (Å²) in [7, 11) is -3.05. The molecule has 0 unspecified atom stereocenters. The van der Waals surface area contributed by atoms with E-state index in [2.05, 4.69) is 18.2 Å². The quantitative estimate of drug-likeness (QED) is 0.638. The van der Waals surface area contributed by atoms with Crippen LogP contribution in [0.3, 0.4) is 0 Å². The molecular formula is C26H29NO5S. The van der Waals surface area contributed by atoms with Crippen LogP contribution in [0, 0.1) is 5.92 Å². The van der Waals surface area contributed by atoms with Crippen molar-refractivity contribution in [2.45, 2.75) is 37.0 Å². The Hall–Kier alpha value is -2.80. The molecule has 2 heterocycles. The van der Waals surface area contributed by atoms with Gasteiger partial charge in [-0.3, -0.25) is 0 Å². The van der Waals surface area contributed by atoms with E-state index in [-0.39, 0.29) is 17.4 Å². The molecule has 1 saturated heterocycles. The van der Waals surface area contributed by atoms with Crippen LogP contribution in [0.5, 0.6) is 5.75 Å². The molecule has 2 aromatic carbocycles. The molecule has 2 aromatic rings. The highest BCUT2D eigenvalue weighted by atomic mass is 32.2. The van der Waals surface area contributed by atoms with Gasteiger partial charge in [-0.2, -0.15) is 0 Å². The Morgan fingerprint density at radius 2 is 1.79 bits per heavy atom. The van der Waals surface area contributed by atoms with Crippen LogP contribution in [-0.4, -0.2) is 51.0 Å². The number of carbonyl (C=O) groups is 1. The zero-order valence-corrected chi connectivity index (χ0v) is 19.6. The van der Waals surface area contributed by atoms with E-state index >= 15 is 0 Å². The van der Waals surface area contributed by atoms with E-state index in [0.29, 0.717) is 25.6 Å². The zero-order chi connectivity index (χ0) is 23.1. The van der Waals surface area contributed by atoms with Gasteiger partial charge in [-0.25, -0.2) is 13.2 Å². The molecule has 1 spiro atoms. The van der Waals surface area contributed by atoms with Crippen LogP contribution in [0.2, 0.25) is 0 Å². The summed E-state index contributed by atoms with van der Waals surface area (Å²) >= 11 is 0. The monoisotopic (exact) mass is 467 g/mol. The van der Waals surface area contributed by atoms with Crippen LogP contribution in [-0.2, 0) is 20.3 Å². The minimum atomic E-state index is -3.05. The standard InChI is InChI=1S/C26H29NO5S/c1-33(29,30)18-20-4-6-21(7-5-20)22-8-9-24-23(16-22)10-11-26(32-24)12-14-27(15-13-26)25(28)31-17-19-2-3-19/h4-11,16,19H,2-3,12-15,17-18H2,1H3. The lowest BCUT2D eigenvalue weighted by Gasteiger charge is -2.41. The summed E-state index contributed by atoms with van der Waals surface area (Å²) in [6.45, 7) is 1.80. The van der Waals surface area contributed by atoms with Crippen LogP contribution in [0.15, 0.2) is 48.5 Å². The van der Waals surface area contributed by atoms with E-state index in [1.807, 2.05) is 36.4 Å². The van der Waals surface area contributed by atoms with Crippen molar-refractivity contribution in [1.82, 2.24) is 4.90 Å². The molecule has 2 fully saturated rings. The average Bonchev–Trinajstić information content (AvgIpc) is 3.62. The third-order valence-corrected chi connectivity index (χ3v) is 7.47. The van der Waals surface area contributed by atoms with Gasteiger partial charge in [0.1, 0.15) is 11.4 Å². The second-order valence-electron chi connectivity index (χ2n) is 9.53. The van der Waals surface area contributed by atoms with Crippen LogP contribution >= 0.6 is 0 Å². The lowest BCUT2D eigenvalue weighted by Crippen LogP contribution is -2.49. The summed E-state index contributed by atoms with van der Waals surface area (Å²) in [5.74, 6) is 1.47. The normalized spacial score (nSPS) is 19.1. The summed E-state index contributed by atoms with van der Waals surface area (Å²) in [6.07, 6.45) is 9.10. The van der Waals surface area contributed by atoms with Crippen molar-refractivity contribution < 1.29 is 22.7 Å². The van der Waals surface area contributed by atoms with Crippen molar-refractivity contribution in [3.63, 3.8) is 0 Å². The highest BCUT2D eigenvalue weighted by Gasteiger charge is 2.38. The van der Waals surface area contributed by atoms with Gasteiger partial charge < -0.3 is 14.4 Å². The Morgan fingerprint density at radius 3 is 2.45 bits per heavy atom. The second-order valence-corrected chi connectivity index (χ2v) is 11.7. The number of hydrogen-bond acceptors (Lipinski definition) is 5. The lowest BCUT2D eigenvalue weighted by atomic mass is 9.87. The minimum absolute atomic E-state index is 0.0474. The van der Waals surface area contributed by atoms with E-state index < -0.39 is 9.84 Å². The Balaban J connectivity index is 1.23. The summed E-state index contributed by atoms with van der Waals surface area (Å²) in [5, 5.41) is 0. The number of piperidine rings is 1. The number of hydrogen-bond donors (Lipinski definition) is 0. The van der Waals surface area contributed by atoms with Gasteiger partial charge in [0, 0.05) is 37.8 Å². The Bertz CT molecular complexity index is 1170. The first kappa shape index (κ1) is 22.0. The fourth-order valence-corrected chi connectivity index (χ4v) is 5.24. The number of fused-ring (bicyclic) bond motifs is 1. The maximum atomic E-state index is 12.3. The summed E-state index contributed by atoms with van der Waals surface area (Å²) in [5.41, 5.74) is 3.50. The topological polar surface area (TPSA) is 72.9 Å². The van der Waals surface area contributed by atoms with Gasteiger partial charge in [0.15, 0.2) is 9.84 Å². The van der Waals surface area contributed by atoms with Crippen LogP contribution in [0.4, 0.5) is 4.79 Å². The third kappa shape index (κ3) is 5.24. The van der Waals surface area contributed by atoms with E-state index in [1.54, 1.807) is 4.90 Å². The van der Waals surface area contributed by atoms with Crippen LogP contribution in [0.25, 0.3) is 17.2 Å². The molecule has 1 amide bonds. The van der Waals surface area contributed by atoms with Crippen LogP contribution < -0.4 is 4.74 Å². The molecule has 1 aliphatic carbocycles. The van der Waals surface area contributed by atoms with E-state index in [4.69, 9.17) is 9.47 Å². The van der Waals surface area contributed by atoms with Gasteiger partial charge in [-0.1, -0.05) is 36.4 Å². The second kappa shape index (κ2) is 8.52. The molecule has 0 aromatic heterocycles. The number of ether oxygens (including phenoxy) is 2. The molecule has 0 atom stereocenters. The van der Waals surface area contributed by atoms with Gasteiger partial charge in [-0.15, -0.1) is 0 Å². The first-order chi connectivity index (χ1) is 15.8. The minimum Gasteiger partial charge on any atom is -0.482 e. The molecule has 6 nitrogen and oxygen atoms in total. The first-order valence-electron chi connectivity index (χ1n) is 11.5. The summed E-state index contributed by atoms with van der Waals surface area (Å²) in [4.78, 5) is 14.1. The molecule has 0 N–H and O–H groups in total. The van der Waals surface area contributed by atoms with Crippen molar-refractivity contribution in [3.8, 4) is 16.9 Å². The number of rotatable bonds is 5. The Morgan fingerprint density at radius 1 is 1.09 bits per heavy atom. The van der Waals surface area contributed by atoms with E-state index in [0.717, 1.165) is 40.8 Å². The predicted molar refractivity (Wildman–Crippen MR) is 128 cm³/mol. The molecule has 1 saturated carbocycles. The molecule has 174 valence electrons. The molecular weight excluding hydrogens is 438 g/mol. The number of carbonyl (C=O) groups excluding carboxylic acids is 1. The molecule has 5 rings (SSSR count). The fraction of sp³-hybridized carbons (Fsp3) is 0.423. The first-order valence-corrected chi connectivity index (χ1v) is 13.6. The van der Waals surface area contributed by atoms with Crippen molar-refractivity contribution in [3.05, 3.63) is 59.7 Å². The van der Waals surface area contributed by atoms with Crippen molar-refractivity contribution in [2.24, 2.45) is 5.92 Å².